The van der Waals surface area contributed by atoms with Gasteiger partial charge < -0.3 is 14.4 Å². The van der Waals surface area contributed by atoms with Gasteiger partial charge in [0, 0.05) is 11.8 Å². The highest BCUT2D eigenvalue weighted by molar-refractivity contribution is 7.98. The summed E-state index contributed by atoms with van der Waals surface area (Å²) in [7, 11) is 0. The van der Waals surface area contributed by atoms with Gasteiger partial charge in [0.1, 0.15) is 6.23 Å². The van der Waals surface area contributed by atoms with Gasteiger partial charge in [0.15, 0.2) is 5.16 Å². The number of aliphatic hydroxyl groups excluding tert-OH is 1. The van der Waals surface area contributed by atoms with Crippen LogP contribution in [0.3, 0.4) is 0 Å². The molecule has 5 nitrogen and oxygen atoms in total. The lowest BCUT2D eigenvalue weighted by atomic mass is 10.2. The van der Waals surface area contributed by atoms with Crippen molar-refractivity contribution in [3.8, 4) is 0 Å². The van der Waals surface area contributed by atoms with Gasteiger partial charge in [-0.15, -0.1) is 0 Å². The number of hydrogen-bond acceptors (Lipinski definition) is 5. The normalized spacial score (nSPS) is 22.9. The van der Waals surface area contributed by atoms with Gasteiger partial charge in [0.25, 0.3) is 5.56 Å². The van der Waals surface area contributed by atoms with Crippen LogP contribution in [0.4, 0.5) is 0 Å². The minimum atomic E-state index is -0.140. The first kappa shape index (κ1) is 14.6. The summed E-state index contributed by atoms with van der Waals surface area (Å²) < 4.78 is 7.71. The molecule has 2 unspecified atom stereocenters. The van der Waals surface area contributed by atoms with E-state index < -0.39 is 0 Å². The summed E-state index contributed by atoms with van der Waals surface area (Å²) in [5, 5.41) is 9.81. The van der Waals surface area contributed by atoms with Crippen LogP contribution < -0.4 is 5.56 Å². The Morgan fingerprint density at radius 2 is 2.37 bits per heavy atom. The standard InChI is InChI=1S/C13H20N2O3S/c1-3-4-9-7-15(13(19-2)14-12(9)17)11-6-5-10(8-16)18-11/h7,10-11,16H,3-6,8H2,1-2H3. The summed E-state index contributed by atoms with van der Waals surface area (Å²) >= 11 is 1.44. The van der Waals surface area contributed by atoms with Crippen molar-refractivity contribution in [3.05, 3.63) is 22.1 Å². The fraction of sp³-hybridized carbons (Fsp3) is 0.692. The third-order valence-corrected chi connectivity index (χ3v) is 3.96. The van der Waals surface area contributed by atoms with Crippen LogP contribution in [-0.4, -0.2) is 33.6 Å². The highest BCUT2D eigenvalue weighted by Gasteiger charge is 2.27. The minimum absolute atomic E-state index is 0.0422. The van der Waals surface area contributed by atoms with E-state index in [-0.39, 0.29) is 24.5 Å². The van der Waals surface area contributed by atoms with Crippen LogP contribution in [0.1, 0.15) is 38.0 Å². The molecule has 2 rings (SSSR count). The average Bonchev–Trinajstić information content (AvgIpc) is 2.89. The molecule has 0 saturated carbocycles. The van der Waals surface area contributed by atoms with Crippen molar-refractivity contribution in [2.45, 2.75) is 50.1 Å². The number of aryl methyl sites for hydroxylation is 1. The predicted molar refractivity (Wildman–Crippen MR) is 74.5 cm³/mol. The second-order valence-electron chi connectivity index (χ2n) is 4.69. The number of aliphatic hydroxyl groups is 1. The van der Waals surface area contributed by atoms with Crippen LogP contribution in [0.15, 0.2) is 16.1 Å². The van der Waals surface area contributed by atoms with Crippen molar-refractivity contribution in [3.63, 3.8) is 0 Å². The number of ether oxygens (including phenoxy) is 1. The lowest BCUT2D eigenvalue weighted by molar-refractivity contribution is -0.0274. The monoisotopic (exact) mass is 284 g/mol. The molecule has 1 fully saturated rings. The molecule has 0 amide bonds. The van der Waals surface area contributed by atoms with E-state index in [4.69, 9.17) is 9.84 Å². The van der Waals surface area contributed by atoms with Gasteiger partial charge in [-0.05, 0) is 25.5 Å². The van der Waals surface area contributed by atoms with E-state index in [2.05, 4.69) is 4.98 Å². The maximum absolute atomic E-state index is 11.9. The summed E-state index contributed by atoms with van der Waals surface area (Å²) in [6, 6.07) is 0. The lowest BCUT2D eigenvalue weighted by Crippen LogP contribution is -2.22. The number of nitrogens with zero attached hydrogens (tertiary/aromatic N) is 2. The molecule has 0 bridgehead atoms. The van der Waals surface area contributed by atoms with E-state index in [1.165, 1.54) is 11.8 Å². The van der Waals surface area contributed by atoms with E-state index in [1.807, 2.05) is 23.9 Å². The van der Waals surface area contributed by atoms with Crippen molar-refractivity contribution in [1.82, 2.24) is 9.55 Å². The predicted octanol–water partition coefficient (Wildman–Crippen LogP) is 1.59. The van der Waals surface area contributed by atoms with Crippen LogP contribution >= 0.6 is 11.8 Å². The molecule has 0 radical (unpaired) electrons. The maximum atomic E-state index is 11.9. The quantitative estimate of drug-likeness (QED) is 0.657. The molecule has 1 aromatic rings. The molecule has 0 spiro atoms. The first-order valence-corrected chi connectivity index (χ1v) is 7.84. The number of thioether (sulfide) groups is 1. The van der Waals surface area contributed by atoms with Gasteiger partial charge in [-0.1, -0.05) is 25.1 Å². The Labute approximate surface area is 117 Å². The van der Waals surface area contributed by atoms with Crippen LogP contribution in [0.5, 0.6) is 0 Å². The Balaban J connectivity index is 2.32. The van der Waals surface area contributed by atoms with E-state index in [1.54, 1.807) is 0 Å². The van der Waals surface area contributed by atoms with Crippen molar-refractivity contribution in [2.75, 3.05) is 12.9 Å². The third-order valence-electron chi connectivity index (χ3n) is 3.29. The van der Waals surface area contributed by atoms with E-state index in [0.29, 0.717) is 5.16 Å². The number of rotatable bonds is 5. The Hall–Kier alpha value is -0.850. The second-order valence-corrected chi connectivity index (χ2v) is 5.46. The van der Waals surface area contributed by atoms with Crippen molar-refractivity contribution < 1.29 is 9.84 Å². The zero-order valence-electron chi connectivity index (χ0n) is 11.3. The first-order valence-electron chi connectivity index (χ1n) is 6.62. The molecule has 1 N–H and O–H groups in total. The Kier molecular flexibility index (Phi) is 5.01. The van der Waals surface area contributed by atoms with E-state index >= 15 is 0 Å². The molecule has 1 aliphatic rings. The Morgan fingerprint density at radius 1 is 1.58 bits per heavy atom. The van der Waals surface area contributed by atoms with Gasteiger partial charge in [-0.25, -0.2) is 0 Å². The van der Waals surface area contributed by atoms with Crippen LogP contribution in [0.2, 0.25) is 0 Å². The minimum Gasteiger partial charge on any atom is -0.394 e. The van der Waals surface area contributed by atoms with Crippen molar-refractivity contribution in [1.29, 1.82) is 0 Å². The van der Waals surface area contributed by atoms with Gasteiger partial charge in [-0.2, -0.15) is 4.98 Å². The summed E-state index contributed by atoms with van der Waals surface area (Å²) in [6.45, 7) is 2.08. The molecule has 19 heavy (non-hydrogen) atoms. The molecular weight excluding hydrogens is 264 g/mol. The highest BCUT2D eigenvalue weighted by Crippen LogP contribution is 2.30. The van der Waals surface area contributed by atoms with Gasteiger partial charge in [-0.3, -0.25) is 4.79 Å². The average molecular weight is 284 g/mol. The van der Waals surface area contributed by atoms with Crippen molar-refractivity contribution >= 4 is 11.8 Å². The first-order chi connectivity index (χ1) is 9.19. The maximum Gasteiger partial charge on any atom is 0.276 e. The molecule has 1 aliphatic heterocycles. The zero-order chi connectivity index (χ0) is 13.8. The lowest BCUT2D eigenvalue weighted by Gasteiger charge is -2.19. The second kappa shape index (κ2) is 6.54. The SMILES string of the molecule is CCCc1cn(C2CCC(CO)O2)c(SC)nc1=O. The molecule has 106 valence electrons. The van der Waals surface area contributed by atoms with Gasteiger partial charge in [0.05, 0.1) is 12.7 Å². The largest absolute Gasteiger partial charge is 0.394 e. The molecule has 2 atom stereocenters. The Morgan fingerprint density at radius 3 is 2.95 bits per heavy atom. The molecule has 1 saturated heterocycles. The molecule has 6 heteroatoms. The molecular formula is C13H20N2O3S. The van der Waals surface area contributed by atoms with Crippen LogP contribution in [-0.2, 0) is 11.2 Å². The van der Waals surface area contributed by atoms with E-state index in [9.17, 15) is 4.79 Å². The summed E-state index contributed by atoms with van der Waals surface area (Å²) in [5.41, 5.74) is 0.593. The number of aromatic nitrogens is 2. The summed E-state index contributed by atoms with van der Waals surface area (Å²) in [5.74, 6) is 0. The topological polar surface area (TPSA) is 64.3 Å². The van der Waals surface area contributed by atoms with Gasteiger partial charge >= 0.3 is 0 Å². The summed E-state index contributed by atoms with van der Waals surface area (Å²) in [6.07, 6.45) is 6.87. The van der Waals surface area contributed by atoms with Gasteiger partial charge in [0.2, 0.25) is 0 Å². The smallest absolute Gasteiger partial charge is 0.276 e. The molecule has 2 heterocycles. The van der Waals surface area contributed by atoms with Crippen LogP contribution in [0.25, 0.3) is 0 Å². The Bertz CT molecular complexity index is 489. The molecule has 1 aromatic heterocycles. The molecule has 0 aliphatic carbocycles. The highest BCUT2D eigenvalue weighted by atomic mass is 32.2. The van der Waals surface area contributed by atoms with Crippen molar-refractivity contribution in [2.24, 2.45) is 0 Å². The fourth-order valence-corrected chi connectivity index (χ4v) is 2.87. The van der Waals surface area contributed by atoms with Crippen LogP contribution in [0, 0.1) is 0 Å². The number of hydrogen-bond donors (Lipinski definition) is 1. The summed E-state index contributed by atoms with van der Waals surface area (Å²) in [4.78, 5) is 16.0. The fourth-order valence-electron chi connectivity index (χ4n) is 2.32. The molecule has 0 aromatic carbocycles. The van der Waals surface area contributed by atoms with E-state index in [0.717, 1.165) is 31.2 Å². The third kappa shape index (κ3) is 3.19. The zero-order valence-corrected chi connectivity index (χ0v) is 12.2.